The molecule has 2 nitrogen and oxygen atoms in total. The SMILES string of the molecule is CC(C#N)CN(C)CCC(C)CCBr. The molecule has 0 aromatic heterocycles. The van der Waals surface area contributed by atoms with E-state index in [0.29, 0.717) is 0 Å². The fourth-order valence-electron chi connectivity index (χ4n) is 1.37. The molecule has 0 aromatic carbocycles. The van der Waals surface area contributed by atoms with Gasteiger partial charge in [0.25, 0.3) is 0 Å². The molecule has 3 heteroatoms. The maximum Gasteiger partial charge on any atom is 0.0666 e. The summed E-state index contributed by atoms with van der Waals surface area (Å²) in [5, 5.41) is 9.75. The molecule has 0 aliphatic heterocycles. The van der Waals surface area contributed by atoms with Crippen LogP contribution in [0.1, 0.15) is 26.7 Å². The van der Waals surface area contributed by atoms with Gasteiger partial charge in [0.15, 0.2) is 0 Å². The summed E-state index contributed by atoms with van der Waals surface area (Å²) in [6.45, 7) is 6.24. The molecule has 0 amide bonds. The van der Waals surface area contributed by atoms with E-state index in [1.165, 1.54) is 12.8 Å². The molecule has 0 N–H and O–H groups in total. The molecule has 0 aromatic rings. The van der Waals surface area contributed by atoms with E-state index in [-0.39, 0.29) is 5.92 Å². The Kier molecular flexibility index (Phi) is 8.21. The molecule has 2 unspecified atom stereocenters. The van der Waals surface area contributed by atoms with Gasteiger partial charge in [0, 0.05) is 11.9 Å². The maximum absolute atomic E-state index is 8.66. The number of rotatable bonds is 7. The Bertz CT molecular complexity index is 177. The van der Waals surface area contributed by atoms with Crippen LogP contribution in [0.15, 0.2) is 0 Å². The van der Waals surface area contributed by atoms with Gasteiger partial charge in [-0.05, 0) is 39.3 Å². The van der Waals surface area contributed by atoms with Gasteiger partial charge in [0.1, 0.15) is 0 Å². The minimum atomic E-state index is 0.145. The van der Waals surface area contributed by atoms with E-state index in [1.807, 2.05) is 6.92 Å². The van der Waals surface area contributed by atoms with E-state index < -0.39 is 0 Å². The highest BCUT2D eigenvalue weighted by atomic mass is 79.9. The lowest BCUT2D eigenvalue weighted by Crippen LogP contribution is -2.26. The van der Waals surface area contributed by atoms with Crippen molar-refractivity contribution in [2.24, 2.45) is 11.8 Å². The van der Waals surface area contributed by atoms with Crippen LogP contribution in [0.3, 0.4) is 0 Å². The molecule has 0 radical (unpaired) electrons. The Morgan fingerprint density at radius 1 is 1.36 bits per heavy atom. The Morgan fingerprint density at radius 2 is 2.00 bits per heavy atom. The van der Waals surface area contributed by atoms with Crippen molar-refractivity contribution in [2.75, 3.05) is 25.5 Å². The first kappa shape index (κ1) is 13.9. The van der Waals surface area contributed by atoms with Crippen LogP contribution in [0.4, 0.5) is 0 Å². The molecule has 0 aliphatic rings. The average molecular weight is 261 g/mol. The van der Waals surface area contributed by atoms with Crippen molar-refractivity contribution in [3.63, 3.8) is 0 Å². The van der Waals surface area contributed by atoms with Crippen molar-refractivity contribution in [1.82, 2.24) is 4.90 Å². The number of nitriles is 1. The minimum Gasteiger partial charge on any atom is -0.305 e. The van der Waals surface area contributed by atoms with E-state index in [2.05, 4.69) is 40.9 Å². The summed E-state index contributed by atoms with van der Waals surface area (Å²) < 4.78 is 0. The number of nitrogens with zero attached hydrogens (tertiary/aromatic N) is 2. The van der Waals surface area contributed by atoms with Crippen LogP contribution in [0.5, 0.6) is 0 Å². The second-order valence-corrected chi connectivity index (χ2v) is 4.96. The van der Waals surface area contributed by atoms with E-state index in [4.69, 9.17) is 5.26 Å². The number of hydrogen-bond acceptors (Lipinski definition) is 2. The molecular formula is C11H21BrN2. The van der Waals surface area contributed by atoms with Crippen molar-refractivity contribution in [1.29, 1.82) is 5.26 Å². The first-order valence-corrected chi connectivity index (χ1v) is 6.36. The Balaban J connectivity index is 3.53. The summed E-state index contributed by atoms with van der Waals surface area (Å²) in [5.74, 6) is 0.917. The molecule has 82 valence electrons. The van der Waals surface area contributed by atoms with Gasteiger partial charge < -0.3 is 4.90 Å². The Labute approximate surface area is 96.4 Å². The van der Waals surface area contributed by atoms with Gasteiger partial charge in [-0.25, -0.2) is 0 Å². The maximum atomic E-state index is 8.66. The van der Waals surface area contributed by atoms with Crippen molar-refractivity contribution >= 4 is 15.9 Å². The standard InChI is InChI=1S/C11H21BrN2/c1-10(4-6-12)5-7-14(3)9-11(2)8-13/h10-11H,4-7,9H2,1-3H3. The van der Waals surface area contributed by atoms with E-state index >= 15 is 0 Å². The van der Waals surface area contributed by atoms with Crippen LogP contribution in [0.25, 0.3) is 0 Å². The molecule has 0 bridgehead atoms. The van der Waals surface area contributed by atoms with Gasteiger partial charge in [-0.3, -0.25) is 0 Å². The first-order chi connectivity index (χ1) is 6.60. The zero-order valence-corrected chi connectivity index (χ0v) is 11.0. The van der Waals surface area contributed by atoms with Crippen molar-refractivity contribution in [3.05, 3.63) is 0 Å². The van der Waals surface area contributed by atoms with Gasteiger partial charge in [0.05, 0.1) is 12.0 Å². The first-order valence-electron chi connectivity index (χ1n) is 5.24. The van der Waals surface area contributed by atoms with Gasteiger partial charge >= 0.3 is 0 Å². The molecule has 0 heterocycles. The van der Waals surface area contributed by atoms with Gasteiger partial charge in [-0.2, -0.15) is 5.26 Å². The lowest BCUT2D eigenvalue weighted by atomic mass is 10.0. The van der Waals surface area contributed by atoms with Gasteiger partial charge in [-0.1, -0.05) is 22.9 Å². The van der Waals surface area contributed by atoms with Crippen LogP contribution in [-0.2, 0) is 0 Å². The monoisotopic (exact) mass is 260 g/mol. The lowest BCUT2D eigenvalue weighted by Gasteiger charge is -2.19. The topological polar surface area (TPSA) is 27.0 Å². The third kappa shape index (κ3) is 7.34. The molecule has 0 saturated carbocycles. The average Bonchev–Trinajstić information content (AvgIpc) is 2.15. The van der Waals surface area contributed by atoms with Crippen LogP contribution >= 0.6 is 15.9 Å². The lowest BCUT2D eigenvalue weighted by molar-refractivity contribution is 0.285. The summed E-state index contributed by atoms with van der Waals surface area (Å²) in [7, 11) is 2.09. The molecule has 14 heavy (non-hydrogen) atoms. The van der Waals surface area contributed by atoms with Crippen molar-refractivity contribution in [2.45, 2.75) is 26.7 Å². The second-order valence-electron chi connectivity index (χ2n) is 4.16. The van der Waals surface area contributed by atoms with Crippen LogP contribution in [0.2, 0.25) is 0 Å². The quantitative estimate of drug-likeness (QED) is 0.659. The predicted molar refractivity (Wildman–Crippen MR) is 64.5 cm³/mol. The minimum absolute atomic E-state index is 0.145. The highest BCUT2D eigenvalue weighted by Gasteiger charge is 2.07. The Hall–Kier alpha value is -0.0700. The van der Waals surface area contributed by atoms with E-state index in [1.54, 1.807) is 0 Å². The largest absolute Gasteiger partial charge is 0.305 e. The fraction of sp³-hybridized carbons (Fsp3) is 0.909. The molecule has 0 saturated heterocycles. The van der Waals surface area contributed by atoms with Crippen molar-refractivity contribution < 1.29 is 0 Å². The Morgan fingerprint density at radius 3 is 2.50 bits per heavy atom. The molecule has 0 fully saturated rings. The smallest absolute Gasteiger partial charge is 0.0666 e. The summed E-state index contributed by atoms with van der Waals surface area (Å²) in [6, 6.07) is 2.26. The van der Waals surface area contributed by atoms with Crippen molar-refractivity contribution in [3.8, 4) is 6.07 Å². The fourth-order valence-corrected chi connectivity index (χ4v) is 2.15. The third-order valence-electron chi connectivity index (χ3n) is 2.41. The highest BCUT2D eigenvalue weighted by Crippen LogP contribution is 2.10. The zero-order chi connectivity index (χ0) is 11.0. The number of alkyl halides is 1. The van der Waals surface area contributed by atoms with Gasteiger partial charge in [-0.15, -0.1) is 0 Å². The third-order valence-corrected chi connectivity index (χ3v) is 2.87. The summed E-state index contributed by atoms with van der Waals surface area (Å²) in [6.07, 6.45) is 2.46. The summed E-state index contributed by atoms with van der Waals surface area (Å²) in [5.41, 5.74) is 0. The number of hydrogen-bond donors (Lipinski definition) is 0. The van der Waals surface area contributed by atoms with Crippen LogP contribution in [0, 0.1) is 23.2 Å². The van der Waals surface area contributed by atoms with E-state index in [0.717, 1.165) is 24.3 Å². The molecule has 0 spiro atoms. The normalized spacial score (nSPS) is 15.1. The summed E-state index contributed by atoms with van der Waals surface area (Å²) in [4.78, 5) is 2.25. The van der Waals surface area contributed by atoms with Gasteiger partial charge in [0.2, 0.25) is 0 Å². The van der Waals surface area contributed by atoms with E-state index in [9.17, 15) is 0 Å². The highest BCUT2D eigenvalue weighted by molar-refractivity contribution is 9.09. The molecule has 2 atom stereocenters. The van der Waals surface area contributed by atoms with Crippen LogP contribution in [-0.4, -0.2) is 30.4 Å². The predicted octanol–water partition coefficient (Wildman–Crippen LogP) is 2.89. The molecule has 0 aliphatic carbocycles. The number of halogens is 1. The summed E-state index contributed by atoms with van der Waals surface area (Å²) >= 11 is 3.45. The molecule has 0 rings (SSSR count). The second kappa shape index (κ2) is 8.26. The zero-order valence-electron chi connectivity index (χ0n) is 9.46. The molecular weight excluding hydrogens is 240 g/mol. The van der Waals surface area contributed by atoms with Crippen LogP contribution < -0.4 is 0 Å².